The van der Waals surface area contributed by atoms with Crippen molar-refractivity contribution in [2.45, 2.75) is 13.1 Å². The Morgan fingerprint density at radius 3 is 2.67 bits per heavy atom. The summed E-state index contributed by atoms with van der Waals surface area (Å²) in [6, 6.07) is 6.00. The van der Waals surface area contributed by atoms with Crippen LogP contribution >= 0.6 is 0 Å². The fraction of sp³-hybridized carbons (Fsp3) is 0.231. The van der Waals surface area contributed by atoms with Gasteiger partial charge in [0, 0.05) is 6.07 Å². The number of hydrogen-bond donors (Lipinski definition) is 1. The fourth-order valence-corrected chi connectivity index (χ4v) is 1.79. The molecule has 2 aromatic rings. The van der Waals surface area contributed by atoms with Gasteiger partial charge in [-0.05, 0) is 19.1 Å². The van der Waals surface area contributed by atoms with Gasteiger partial charge in [-0.15, -0.1) is 0 Å². The van der Waals surface area contributed by atoms with Crippen LogP contribution in [-0.4, -0.2) is 22.4 Å². The van der Waals surface area contributed by atoms with Gasteiger partial charge in [0.1, 0.15) is 5.82 Å². The first-order valence-corrected chi connectivity index (χ1v) is 6.04. The van der Waals surface area contributed by atoms with E-state index < -0.39 is 17.7 Å². The highest BCUT2D eigenvalue weighted by Gasteiger charge is 2.34. The van der Waals surface area contributed by atoms with Crippen molar-refractivity contribution in [1.29, 1.82) is 0 Å². The molecule has 0 amide bonds. The second-order valence-electron chi connectivity index (χ2n) is 4.10. The van der Waals surface area contributed by atoms with Crippen LogP contribution in [0.5, 0.6) is 0 Å². The Kier molecular flexibility index (Phi) is 3.88. The predicted octanol–water partition coefficient (Wildman–Crippen LogP) is 2.65. The quantitative estimate of drug-likeness (QED) is 0.885. The molecule has 2 N–H and O–H groups in total. The molecule has 21 heavy (non-hydrogen) atoms. The van der Waals surface area contributed by atoms with Gasteiger partial charge in [-0.25, -0.2) is 9.48 Å². The molecule has 112 valence electrons. The number of alkyl halides is 3. The van der Waals surface area contributed by atoms with E-state index in [1.165, 1.54) is 24.3 Å². The van der Waals surface area contributed by atoms with E-state index in [1.54, 1.807) is 6.92 Å². The number of esters is 1. The van der Waals surface area contributed by atoms with Crippen LogP contribution in [0.25, 0.3) is 5.69 Å². The summed E-state index contributed by atoms with van der Waals surface area (Å²) in [5, 5.41) is 3.79. The van der Waals surface area contributed by atoms with Crippen LogP contribution in [0.4, 0.5) is 19.0 Å². The Hall–Kier alpha value is -2.51. The van der Waals surface area contributed by atoms with Crippen LogP contribution in [-0.2, 0) is 10.9 Å². The van der Waals surface area contributed by atoms with E-state index in [0.717, 1.165) is 10.7 Å². The number of nitrogens with two attached hydrogens (primary N) is 1. The lowest BCUT2D eigenvalue weighted by Crippen LogP contribution is -2.13. The molecule has 1 heterocycles. The highest BCUT2D eigenvalue weighted by Crippen LogP contribution is 2.34. The van der Waals surface area contributed by atoms with Crippen molar-refractivity contribution in [3.05, 3.63) is 41.6 Å². The lowest BCUT2D eigenvalue weighted by atomic mass is 10.1. The van der Waals surface area contributed by atoms with Crippen molar-refractivity contribution in [3.63, 3.8) is 0 Å². The van der Waals surface area contributed by atoms with Gasteiger partial charge in [0.2, 0.25) is 0 Å². The van der Waals surface area contributed by atoms with E-state index in [2.05, 4.69) is 5.10 Å². The zero-order valence-electron chi connectivity index (χ0n) is 11.0. The second-order valence-corrected chi connectivity index (χ2v) is 4.10. The maximum absolute atomic E-state index is 13.0. The van der Waals surface area contributed by atoms with Crippen molar-refractivity contribution in [2.24, 2.45) is 0 Å². The van der Waals surface area contributed by atoms with Crippen molar-refractivity contribution in [1.82, 2.24) is 9.78 Å². The van der Waals surface area contributed by atoms with Crippen LogP contribution < -0.4 is 5.73 Å². The molecule has 5 nitrogen and oxygen atoms in total. The maximum Gasteiger partial charge on any atom is 0.418 e. The van der Waals surface area contributed by atoms with Crippen LogP contribution in [0.15, 0.2) is 30.3 Å². The Bertz CT molecular complexity index is 665. The molecule has 8 heteroatoms. The van der Waals surface area contributed by atoms with Gasteiger partial charge in [0.05, 0.1) is 17.9 Å². The Labute approximate surface area is 118 Å². The number of hydrogen-bond acceptors (Lipinski definition) is 4. The molecule has 1 aromatic heterocycles. The van der Waals surface area contributed by atoms with Gasteiger partial charge in [-0.3, -0.25) is 0 Å². The standard InChI is InChI=1S/C13H12F3N3O2/c1-2-21-12(20)9-7-11(17)19(18-9)10-6-4-3-5-8(10)13(14,15)16/h3-7H,2,17H2,1H3. The minimum atomic E-state index is -4.56. The first-order valence-electron chi connectivity index (χ1n) is 6.04. The summed E-state index contributed by atoms with van der Waals surface area (Å²) in [6.45, 7) is 1.74. The largest absolute Gasteiger partial charge is 0.461 e. The number of nitrogens with zero attached hydrogens (tertiary/aromatic N) is 2. The first kappa shape index (κ1) is 14.9. The summed E-state index contributed by atoms with van der Waals surface area (Å²) >= 11 is 0. The molecular formula is C13H12F3N3O2. The summed E-state index contributed by atoms with van der Waals surface area (Å²) in [6.07, 6.45) is -4.56. The number of halogens is 3. The lowest BCUT2D eigenvalue weighted by Gasteiger charge is -2.13. The Morgan fingerprint density at radius 1 is 1.38 bits per heavy atom. The van der Waals surface area contributed by atoms with Crippen LogP contribution in [0, 0.1) is 0 Å². The van der Waals surface area contributed by atoms with E-state index in [0.29, 0.717) is 0 Å². The van der Waals surface area contributed by atoms with Crippen molar-refractivity contribution in [3.8, 4) is 5.69 Å². The van der Waals surface area contributed by atoms with E-state index in [9.17, 15) is 18.0 Å². The molecule has 0 saturated heterocycles. The van der Waals surface area contributed by atoms with E-state index >= 15 is 0 Å². The van der Waals surface area contributed by atoms with Crippen molar-refractivity contribution >= 4 is 11.8 Å². The third kappa shape index (κ3) is 2.99. The van der Waals surface area contributed by atoms with Crippen LogP contribution in [0.1, 0.15) is 23.0 Å². The molecule has 0 radical (unpaired) electrons. The molecule has 0 saturated carbocycles. The smallest absolute Gasteiger partial charge is 0.418 e. The maximum atomic E-state index is 13.0. The minimum Gasteiger partial charge on any atom is -0.461 e. The number of para-hydroxylation sites is 1. The number of ether oxygens (including phenoxy) is 1. The molecule has 0 spiro atoms. The Balaban J connectivity index is 2.51. The molecular weight excluding hydrogens is 287 g/mol. The SMILES string of the molecule is CCOC(=O)c1cc(N)n(-c2ccccc2C(F)(F)F)n1. The number of anilines is 1. The molecule has 0 unspecified atom stereocenters. The van der Waals surface area contributed by atoms with E-state index in [4.69, 9.17) is 10.5 Å². The third-order valence-electron chi connectivity index (χ3n) is 2.66. The van der Waals surface area contributed by atoms with Gasteiger partial charge in [-0.2, -0.15) is 18.3 Å². The fourth-order valence-electron chi connectivity index (χ4n) is 1.79. The molecule has 0 bridgehead atoms. The van der Waals surface area contributed by atoms with Crippen molar-refractivity contribution in [2.75, 3.05) is 12.3 Å². The van der Waals surface area contributed by atoms with Gasteiger partial charge in [0.15, 0.2) is 5.69 Å². The minimum absolute atomic E-state index is 0.0882. The molecule has 1 aromatic carbocycles. The predicted molar refractivity (Wildman–Crippen MR) is 68.9 cm³/mol. The molecule has 0 aliphatic heterocycles. The van der Waals surface area contributed by atoms with Crippen LogP contribution in [0.2, 0.25) is 0 Å². The number of aromatic nitrogens is 2. The number of carbonyl (C=O) groups is 1. The first-order chi connectivity index (χ1) is 9.84. The third-order valence-corrected chi connectivity index (χ3v) is 2.66. The summed E-state index contributed by atoms with van der Waals surface area (Å²) in [4.78, 5) is 11.5. The Morgan fingerprint density at radius 2 is 2.05 bits per heavy atom. The summed E-state index contributed by atoms with van der Waals surface area (Å²) < 4.78 is 44.5. The topological polar surface area (TPSA) is 70.1 Å². The normalized spacial score (nSPS) is 11.4. The zero-order chi connectivity index (χ0) is 15.6. The highest BCUT2D eigenvalue weighted by atomic mass is 19.4. The molecule has 0 aliphatic rings. The van der Waals surface area contributed by atoms with E-state index in [1.807, 2.05) is 0 Å². The zero-order valence-corrected chi connectivity index (χ0v) is 11.0. The van der Waals surface area contributed by atoms with Gasteiger partial charge < -0.3 is 10.5 Å². The van der Waals surface area contributed by atoms with E-state index in [-0.39, 0.29) is 23.8 Å². The molecule has 0 aliphatic carbocycles. The van der Waals surface area contributed by atoms with Crippen molar-refractivity contribution < 1.29 is 22.7 Å². The molecule has 0 atom stereocenters. The molecule has 2 rings (SSSR count). The number of rotatable bonds is 3. The van der Waals surface area contributed by atoms with Gasteiger partial charge in [-0.1, -0.05) is 12.1 Å². The van der Waals surface area contributed by atoms with Gasteiger partial charge >= 0.3 is 12.1 Å². The average molecular weight is 299 g/mol. The van der Waals surface area contributed by atoms with Gasteiger partial charge in [0.25, 0.3) is 0 Å². The molecule has 0 fully saturated rings. The highest BCUT2D eigenvalue weighted by molar-refractivity contribution is 5.88. The summed E-state index contributed by atoms with van der Waals surface area (Å²) in [7, 11) is 0. The number of carbonyl (C=O) groups excluding carboxylic acids is 1. The number of nitrogen functional groups attached to an aromatic ring is 1. The number of benzene rings is 1. The lowest BCUT2D eigenvalue weighted by molar-refractivity contribution is -0.137. The second kappa shape index (κ2) is 5.47. The summed E-state index contributed by atoms with van der Waals surface area (Å²) in [5.74, 6) is -0.831. The monoisotopic (exact) mass is 299 g/mol. The van der Waals surface area contributed by atoms with Crippen LogP contribution in [0.3, 0.4) is 0 Å². The summed E-state index contributed by atoms with van der Waals surface area (Å²) in [5.41, 5.74) is 4.35. The average Bonchev–Trinajstić information content (AvgIpc) is 2.80.